The van der Waals surface area contributed by atoms with Crippen LogP contribution in [0.1, 0.15) is 18.9 Å². The van der Waals surface area contributed by atoms with Crippen LogP contribution in [0.4, 0.5) is 0 Å². The van der Waals surface area contributed by atoms with Crippen molar-refractivity contribution in [2.45, 2.75) is 18.9 Å². The van der Waals surface area contributed by atoms with Gasteiger partial charge in [0.2, 0.25) is 11.8 Å². The van der Waals surface area contributed by atoms with E-state index >= 15 is 0 Å². The molecule has 1 atom stereocenters. The van der Waals surface area contributed by atoms with Crippen molar-refractivity contribution in [2.75, 3.05) is 6.54 Å². The van der Waals surface area contributed by atoms with Gasteiger partial charge in [-0.05, 0) is 18.6 Å². The van der Waals surface area contributed by atoms with E-state index < -0.39 is 30.4 Å². The number of pyridine rings is 1. The first kappa shape index (κ1) is 17.1. The van der Waals surface area contributed by atoms with Crippen LogP contribution in [0.5, 0.6) is 0 Å². The maximum absolute atomic E-state index is 12.2. The number of carbonyl (C=O) groups excluding carboxylic acids is 2. The van der Waals surface area contributed by atoms with Crippen molar-refractivity contribution in [3.8, 4) is 11.3 Å². The summed E-state index contributed by atoms with van der Waals surface area (Å²) in [6, 6.07) is 2.62. The Labute approximate surface area is 136 Å². The van der Waals surface area contributed by atoms with Gasteiger partial charge in [-0.2, -0.15) is 0 Å². The molecule has 0 unspecified atom stereocenters. The molecule has 2 aromatic rings. The lowest BCUT2D eigenvalue weighted by atomic mass is 10.1. The molecular weight excluding hydrogens is 316 g/mol. The molecule has 0 spiro atoms. The van der Waals surface area contributed by atoms with Gasteiger partial charge in [0, 0.05) is 24.4 Å². The summed E-state index contributed by atoms with van der Waals surface area (Å²) >= 11 is 0. The molecule has 2 rings (SSSR count). The number of carbonyl (C=O) groups is 3. The number of hydrogen-bond donors (Lipinski definition) is 3. The number of nitrogens with one attached hydrogen (secondary N) is 1. The van der Waals surface area contributed by atoms with Crippen LogP contribution in [0.25, 0.3) is 11.3 Å². The first-order valence-corrected chi connectivity index (χ1v) is 7.07. The summed E-state index contributed by atoms with van der Waals surface area (Å²) in [5.74, 6) is -2.33. The van der Waals surface area contributed by atoms with Crippen LogP contribution in [-0.4, -0.2) is 49.4 Å². The lowest BCUT2D eigenvalue weighted by molar-refractivity contribution is -0.138. The lowest BCUT2D eigenvalue weighted by Crippen LogP contribution is -2.36. The normalized spacial score (nSPS) is 11.7. The maximum Gasteiger partial charge on any atom is 0.322 e. The number of primary amides is 1. The van der Waals surface area contributed by atoms with Crippen LogP contribution >= 0.6 is 0 Å². The average molecular weight is 332 g/mol. The van der Waals surface area contributed by atoms with Crippen molar-refractivity contribution < 1.29 is 19.5 Å². The summed E-state index contributed by atoms with van der Waals surface area (Å²) in [4.78, 5) is 37.7. The van der Waals surface area contributed by atoms with E-state index in [2.05, 4.69) is 20.6 Å². The van der Waals surface area contributed by atoms with Crippen molar-refractivity contribution in [3.63, 3.8) is 0 Å². The van der Waals surface area contributed by atoms with Gasteiger partial charge < -0.3 is 16.2 Å². The summed E-state index contributed by atoms with van der Waals surface area (Å²) in [7, 11) is 0. The molecule has 0 saturated carbocycles. The Morgan fingerprint density at radius 2 is 2.17 bits per heavy atom. The SMILES string of the molecule is NC(=O)CC[C@H](C(=O)NCC(=O)O)n1cc(-c2cccnc2)nn1. The van der Waals surface area contributed by atoms with E-state index in [1.54, 1.807) is 24.5 Å². The van der Waals surface area contributed by atoms with E-state index in [0.717, 1.165) is 0 Å². The Kier molecular flexibility index (Phi) is 5.55. The van der Waals surface area contributed by atoms with E-state index in [9.17, 15) is 14.4 Å². The second-order valence-electron chi connectivity index (χ2n) is 4.96. The lowest BCUT2D eigenvalue weighted by Gasteiger charge is -2.15. The van der Waals surface area contributed by atoms with Crippen molar-refractivity contribution >= 4 is 17.8 Å². The van der Waals surface area contributed by atoms with E-state index in [0.29, 0.717) is 11.3 Å². The number of amides is 2. The van der Waals surface area contributed by atoms with Crippen molar-refractivity contribution in [1.29, 1.82) is 0 Å². The fourth-order valence-corrected chi connectivity index (χ4v) is 2.02. The highest BCUT2D eigenvalue weighted by molar-refractivity contribution is 5.84. The second-order valence-corrected chi connectivity index (χ2v) is 4.96. The number of aliphatic carboxylic acids is 1. The molecule has 0 saturated heterocycles. The molecule has 0 aliphatic rings. The first-order chi connectivity index (χ1) is 11.5. The fourth-order valence-electron chi connectivity index (χ4n) is 2.02. The topological polar surface area (TPSA) is 153 Å². The molecule has 0 aromatic carbocycles. The Morgan fingerprint density at radius 1 is 1.38 bits per heavy atom. The van der Waals surface area contributed by atoms with Crippen LogP contribution in [0, 0.1) is 0 Å². The Morgan fingerprint density at radius 3 is 2.79 bits per heavy atom. The smallest absolute Gasteiger partial charge is 0.322 e. The Bertz CT molecular complexity index is 730. The second kappa shape index (κ2) is 7.81. The average Bonchev–Trinajstić information content (AvgIpc) is 3.03. The quantitative estimate of drug-likeness (QED) is 0.580. The van der Waals surface area contributed by atoms with Gasteiger partial charge in [-0.3, -0.25) is 19.4 Å². The summed E-state index contributed by atoms with van der Waals surface area (Å²) in [5, 5.41) is 18.8. The van der Waals surface area contributed by atoms with Gasteiger partial charge >= 0.3 is 5.97 Å². The van der Waals surface area contributed by atoms with Crippen molar-refractivity contribution in [2.24, 2.45) is 5.73 Å². The molecule has 2 heterocycles. The zero-order chi connectivity index (χ0) is 17.5. The third-order valence-electron chi connectivity index (χ3n) is 3.17. The van der Waals surface area contributed by atoms with Gasteiger partial charge in [-0.15, -0.1) is 5.10 Å². The number of carboxylic acids is 1. The van der Waals surface area contributed by atoms with Crippen LogP contribution in [0.2, 0.25) is 0 Å². The number of nitrogens with zero attached hydrogens (tertiary/aromatic N) is 4. The molecule has 2 amide bonds. The maximum atomic E-state index is 12.2. The largest absolute Gasteiger partial charge is 0.480 e. The van der Waals surface area contributed by atoms with Crippen LogP contribution in [0.15, 0.2) is 30.7 Å². The molecule has 126 valence electrons. The Balaban J connectivity index is 2.19. The third-order valence-corrected chi connectivity index (χ3v) is 3.17. The molecule has 2 aromatic heterocycles. The summed E-state index contributed by atoms with van der Waals surface area (Å²) in [6.07, 6.45) is 4.77. The number of rotatable bonds is 8. The molecule has 0 fully saturated rings. The molecule has 24 heavy (non-hydrogen) atoms. The van der Waals surface area contributed by atoms with Crippen molar-refractivity contribution in [3.05, 3.63) is 30.7 Å². The van der Waals surface area contributed by atoms with Gasteiger partial charge in [0.25, 0.3) is 0 Å². The third kappa shape index (κ3) is 4.60. The zero-order valence-electron chi connectivity index (χ0n) is 12.6. The molecule has 10 nitrogen and oxygen atoms in total. The van der Waals surface area contributed by atoms with Crippen LogP contribution in [-0.2, 0) is 14.4 Å². The molecule has 0 aliphatic heterocycles. The van der Waals surface area contributed by atoms with Crippen LogP contribution in [0.3, 0.4) is 0 Å². The minimum Gasteiger partial charge on any atom is -0.480 e. The van der Waals surface area contributed by atoms with Crippen molar-refractivity contribution in [1.82, 2.24) is 25.3 Å². The standard InChI is InChI=1S/C14H16N6O4/c15-12(21)4-3-11(14(24)17-7-13(22)23)20-8-10(18-19-20)9-2-1-5-16-6-9/h1-2,5-6,8,11H,3-4,7H2,(H2,15,21)(H,17,24)(H,22,23)/t11-/m1/s1. The predicted octanol–water partition coefficient (Wildman–Crippen LogP) is -0.652. The minimum atomic E-state index is -1.17. The van der Waals surface area contributed by atoms with Gasteiger partial charge in [-0.1, -0.05) is 5.21 Å². The molecular formula is C14H16N6O4. The highest BCUT2D eigenvalue weighted by Gasteiger charge is 2.23. The highest BCUT2D eigenvalue weighted by Crippen LogP contribution is 2.18. The van der Waals surface area contributed by atoms with Gasteiger partial charge in [0.1, 0.15) is 18.3 Å². The molecule has 0 radical (unpaired) electrons. The fraction of sp³-hybridized carbons (Fsp3) is 0.286. The van der Waals surface area contributed by atoms with E-state index in [4.69, 9.17) is 10.8 Å². The summed E-state index contributed by atoms with van der Waals surface area (Å²) in [6.45, 7) is -0.532. The summed E-state index contributed by atoms with van der Waals surface area (Å²) in [5.41, 5.74) is 6.33. The molecule has 10 heteroatoms. The molecule has 4 N–H and O–H groups in total. The van der Waals surface area contributed by atoms with E-state index in [1.807, 2.05) is 0 Å². The van der Waals surface area contributed by atoms with E-state index in [-0.39, 0.29) is 12.8 Å². The number of nitrogens with two attached hydrogens (primary N) is 1. The zero-order valence-corrected chi connectivity index (χ0v) is 12.6. The molecule has 0 bridgehead atoms. The number of aromatic nitrogens is 4. The molecule has 0 aliphatic carbocycles. The summed E-state index contributed by atoms with van der Waals surface area (Å²) < 4.78 is 1.28. The van der Waals surface area contributed by atoms with Gasteiger partial charge in [0.15, 0.2) is 0 Å². The van der Waals surface area contributed by atoms with Gasteiger partial charge in [-0.25, -0.2) is 4.68 Å². The first-order valence-electron chi connectivity index (χ1n) is 7.07. The number of carboxylic acid groups (broad SMARTS) is 1. The highest BCUT2D eigenvalue weighted by atomic mass is 16.4. The van der Waals surface area contributed by atoms with Crippen LogP contribution < -0.4 is 11.1 Å². The van der Waals surface area contributed by atoms with E-state index in [1.165, 1.54) is 10.9 Å². The predicted molar refractivity (Wildman–Crippen MR) is 81.4 cm³/mol. The monoisotopic (exact) mass is 332 g/mol. The Hall–Kier alpha value is -3.30. The minimum absolute atomic E-state index is 0.0484. The van der Waals surface area contributed by atoms with Gasteiger partial charge in [0.05, 0.1) is 6.20 Å². The number of hydrogen-bond acceptors (Lipinski definition) is 6.